The van der Waals surface area contributed by atoms with Crippen molar-refractivity contribution in [2.75, 3.05) is 11.1 Å². The summed E-state index contributed by atoms with van der Waals surface area (Å²) in [7, 11) is 0. The molecule has 0 saturated heterocycles. The topological polar surface area (TPSA) is 68.0 Å². The molecule has 0 unspecified atom stereocenters. The molecule has 3 N–H and O–H groups in total. The summed E-state index contributed by atoms with van der Waals surface area (Å²) in [6.07, 6.45) is 1.41. The van der Waals surface area contributed by atoms with E-state index in [0.29, 0.717) is 16.3 Å². The summed E-state index contributed by atoms with van der Waals surface area (Å²) < 4.78 is 0. The fraction of sp³-hybridized carbons (Fsp3) is 0.0769. The van der Waals surface area contributed by atoms with E-state index in [1.165, 1.54) is 12.3 Å². The zero-order valence-corrected chi connectivity index (χ0v) is 11.6. The van der Waals surface area contributed by atoms with Crippen LogP contribution >= 0.6 is 23.2 Å². The van der Waals surface area contributed by atoms with Gasteiger partial charge in [0.05, 0.1) is 10.0 Å². The Hall–Kier alpha value is -1.78. The maximum atomic E-state index is 12.0. The Balaban J connectivity index is 2.23. The highest BCUT2D eigenvalue weighted by atomic mass is 35.5. The molecular formula is C13H11Cl2N3O. The highest BCUT2D eigenvalue weighted by Gasteiger charge is 2.10. The molecule has 0 bridgehead atoms. The number of hydrogen-bond acceptors (Lipinski definition) is 3. The van der Waals surface area contributed by atoms with Crippen molar-refractivity contribution in [3.63, 3.8) is 0 Å². The number of carbonyl (C=O) groups excluding carboxylic acids is 1. The Morgan fingerprint density at radius 3 is 2.68 bits per heavy atom. The normalized spacial score (nSPS) is 10.3. The van der Waals surface area contributed by atoms with Gasteiger partial charge in [-0.1, -0.05) is 29.3 Å². The van der Waals surface area contributed by atoms with Crippen molar-refractivity contribution in [3.8, 4) is 0 Å². The molecule has 98 valence electrons. The average molecular weight is 296 g/mol. The van der Waals surface area contributed by atoms with E-state index in [2.05, 4.69) is 10.3 Å². The minimum Gasteiger partial charge on any atom is -0.398 e. The van der Waals surface area contributed by atoms with Gasteiger partial charge in [0.1, 0.15) is 0 Å². The van der Waals surface area contributed by atoms with Crippen LogP contribution in [0.4, 0.5) is 11.5 Å². The van der Waals surface area contributed by atoms with Crippen molar-refractivity contribution >= 4 is 40.6 Å². The van der Waals surface area contributed by atoms with Crippen LogP contribution in [0.2, 0.25) is 10.0 Å². The van der Waals surface area contributed by atoms with E-state index in [9.17, 15) is 4.79 Å². The van der Waals surface area contributed by atoms with Crippen LogP contribution in [0.5, 0.6) is 0 Å². The maximum Gasteiger partial charge on any atom is 0.256 e. The van der Waals surface area contributed by atoms with E-state index in [1.54, 1.807) is 18.2 Å². The number of nitrogens with one attached hydrogen (secondary N) is 1. The molecule has 6 heteroatoms. The number of hydrogen-bond donors (Lipinski definition) is 2. The van der Waals surface area contributed by atoms with Gasteiger partial charge in [-0.3, -0.25) is 4.79 Å². The quantitative estimate of drug-likeness (QED) is 0.833. The Bertz CT molecular complexity index is 644. The van der Waals surface area contributed by atoms with Gasteiger partial charge in [0.25, 0.3) is 5.91 Å². The van der Waals surface area contributed by atoms with Crippen LogP contribution in [0.1, 0.15) is 15.9 Å². The van der Waals surface area contributed by atoms with Crippen LogP contribution in [-0.2, 0) is 0 Å². The van der Waals surface area contributed by atoms with Crippen molar-refractivity contribution < 1.29 is 4.79 Å². The van der Waals surface area contributed by atoms with Gasteiger partial charge >= 0.3 is 0 Å². The van der Waals surface area contributed by atoms with Crippen LogP contribution in [0.3, 0.4) is 0 Å². The largest absolute Gasteiger partial charge is 0.398 e. The molecule has 1 heterocycles. The zero-order chi connectivity index (χ0) is 14.0. The van der Waals surface area contributed by atoms with Gasteiger partial charge in [-0.05, 0) is 30.7 Å². The number of benzene rings is 1. The summed E-state index contributed by atoms with van der Waals surface area (Å²) in [4.78, 5) is 16.0. The maximum absolute atomic E-state index is 12.0. The molecule has 0 aliphatic rings. The van der Waals surface area contributed by atoms with Gasteiger partial charge < -0.3 is 11.1 Å². The van der Waals surface area contributed by atoms with E-state index >= 15 is 0 Å². The SMILES string of the molecule is Cc1ccc(C(=O)Nc2ncc(Cl)cc2Cl)cc1N. The first-order chi connectivity index (χ1) is 8.97. The molecule has 4 nitrogen and oxygen atoms in total. The minimum atomic E-state index is -0.330. The molecule has 1 amide bonds. The summed E-state index contributed by atoms with van der Waals surface area (Å²) in [6.45, 7) is 1.87. The van der Waals surface area contributed by atoms with Crippen LogP contribution in [-0.4, -0.2) is 10.9 Å². The van der Waals surface area contributed by atoms with Crippen molar-refractivity contribution in [1.82, 2.24) is 4.98 Å². The lowest BCUT2D eigenvalue weighted by Crippen LogP contribution is -2.13. The number of pyridine rings is 1. The number of rotatable bonds is 2. The van der Waals surface area contributed by atoms with Gasteiger partial charge in [0.2, 0.25) is 0 Å². The Kier molecular flexibility index (Phi) is 3.93. The smallest absolute Gasteiger partial charge is 0.256 e. The second-order valence-corrected chi connectivity index (χ2v) is 4.85. The Morgan fingerprint density at radius 1 is 1.32 bits per heavy atom. The van der Waals surface area contributed by atoms with Gasteiger partial charge in [-0.2, -0.15) is 0 Å². The molecule has 0 radical (unpaired) electrons. The molecule has 0 atom stereocenters. The highest BCUT2D eigenvalue weighted by Crippen LogP contribution is 2.23. The number of nitrogens with zero attached hydrogens (tertiary/aromatic N) is 1. The Labute approximate surface area is 120 Å². The molecule has 1 aromatic heterocycles. The van der Waals surface area contributed by atoms with Gasteiger partial charge in [0.15, 0.2) is 5.82 Å². The summed E-state index contributed by atoms with van der Waals surface area (Å²) in [6, 6.07) is 6.58. The van der Waals surface area contributed by atoms with Gasteiger partial charge in [-0.15, -0.1) is 0 Å². The molecule has 0 aliphatic heterocycles. The summed E-state index contributed by atoms with van der Waals surface area (Å²) >= 11 is 11.7. The lowest BCUT2D eigenvalue weighted by molar-refractivity contribution is 0.102. The van der Waals surface area contributed by atoms with Crippen LogP contribution in [0.15, 0.2) is 30.5 Å². The van der Waals surface area contributed by atoms with E-state index in [4.69, 9.17) is 28.9 Å². The van der Waals surface area contributed by atoms with Crippen molar-refractivity contribution in [3.05, 3.63) is 51.6 Å². The first-order valence-electron chi connectivity index (χ1n) is 5.46. The van der Waals surface area contributed by atoms with E-state index in [0.717, 1.165) is 5.56 Å². The van der Waals surface area contributed by atoms with Crippen LogP contribution in [0, 0.1) is 6.92 Å². The van der Waals surface area contributed by atoms with E-state index < -0.39 is 0 Å². The summed E-state index contributed by atoms with van der Waals surface area (Å²) in [5.74, 6) is -0.0707. The standard InChI is InChI=1S/C13H11Cl2N3O/c1-7-2-3-8(4-11(7)16)13(19)18-12-10(15)5-9(14)6-17-12/h2-6H,16H2,1H3,(H,17,18,19). The van der Waals surface area contributed by atoms with E-state index in [1.807, 2.05) is 6.92 Å². The fourth-order valence-corrected chi connectivity index (χ4v) is 1.90. The number of aromatic nitrogens is 1. The number of nitrogen functional groups attached to an aromatic ring is 1. The second kappa shape index (κ2) is 5.47. The number of amides is 1. The second-order valence-electron chi connectivity index (χ2n) is 4.01. The number of aryl methyl sites for hydroxylation is 1. The molecule has 0 fully saturated rings. The number of halogens is 2. The predicted molar refractivity (Wildman–Crippen MR) is 77.8 cm³/mol. The lowest BCUT2D eigenvalue weighted by atomic mass is 10.1. The number of carbonyl (C=O) groups is 1. The summed E-state index contributed by atoms with van der Waals surface area (Å²) in [5.41, 5.74) is 7.68. The monoisotopic (exact) mass is 295 g/mol. The van der Waals surface area contributed by atoms with Crippen molar-refractivity contribution in [2.24, 2.45) is 0 Å². The molecular weight excluding hydrogens is 285 g/mol. The third-order valence-electron chi connectivity index (χ3n) is 2.58. The van der Waals surface area contributed by atoms with Crippen molar-refractivity contribution in [1.29, 1.82) is 0 Å². The molecule has 1 aromatic carbocycles. The first-order valence-corrected chi connectivity index (χ1v) is 6.21. The molecule has 0 spiro atoms. The molecule has 0 aliphatic carbocycles. The fourth-order valence-electron chi connectivity index (χ4n) is 1.47. The zero-order valence-electron chi connectivity index (χ0n) is 10.1. The number of nitrogens with two attached hydrogens (primary N) is 1. The highest BCUT2D eigenvalue weighted by molar-refractivity contribution is 6.36. The van der Waals surface area contributed by atoms with Crippen LogP contribution in [0.25, 0.3) is 0 Å². The number of anilines is 2. The molecule has 19 heavy (non-hydrogen) atoms. The minimum absolute atomic E-state index is 0.259. The molecule has 0 saturated carbocycles. The summed E-state index contributed by atoms with van der Waals surface area (Å²) in [5, 5.41) is 3.29. The average Bonchev–Trinajstić information content (AvgIpc) is 2.36. The predicted octanol–water partition coefficient (Wildman–Crippen LogP) is 3.53. The first kappa shape index (κ1) is 13.6. The van der Waals surface area contributed by atoms with Gasteiger partial charge in [0, 0.05) is 17.4 Å². The van der Waals surface area contributed by atoms with Gasteiger partial charge in [-0.25, -0.2) is 4.98 Å². The lowest BCUT2D eigenvalue weighted by Gasteiger charge is -2.08. The third-order valence-corrected chi connectivity index (χ3v) is 3.08. The molecule has 2 rings (SSSR count). The Morgan fingerprint density at radius 2 is 2.05 bits per heavy atom. The van der Waals surface area contributed by atoms with E-state index in [-0.39, 0.29) is 16.7 Å². The van der Waals surface area contributed by atoms with Crippen LogP contribution < -0.4 is 11.1 Å². The third kappa shape index (κ3) is 3.16. The van der Waals surface area contributed by atoms with Crippen molar-refractivity contribution in [2.45, 2.75) is 6.92 Å². The molecule has 2 aromatic rings.